The Morgan fingerprint density at radius 3 is 2.83 bits per heavy atom. The van der Waals surface area contributed by atoms with Crippen LogP contribution in [0.5, 0.6) is 0 Å². The van der Waals surface area contributed by atoms with Gasteiger partial charge in [-0.1, -0.05) is 19.4 Å². The van der Waals surface area contributed by atoms with Crippen LogP contribution in [0.2, 0.25) is 0 Å². The van der Waals surface area contributed by atoms with E-state index in [0.29, 0.717) is 5.69 Å². The van der Waals surface area contributed by atoms with Gasteiger partial charge in [0.25, 0.3) is 0 Å². The highest BCUT2D eigenvalue weighted by Crippen LogP contribution is 2.33. The van der Waals surface area contributed by atoms with Crippen molar-refractivity contribution in [1.29, 1.82) is 0 Å². The van der Waals surface area contributed by atoms with Gasteiger partial charge in [-0.3, -0.25) is 0 Å². The van der Waals surface area contributed by atoms with Gasteiger partial charge in [-0.25, -0.2) is 4.68 Å². The molecule has 1 aliphatic heterocycles. The minimum absolute atomic E-state index is 0.457. The molecular formula is C18H22F3N3. The Morgan fingerprint density at radius 1 is 1.25 bits per heavy atom. The van der Waals surface area contributed by atoms with Gasteiger partial charge in [0.05, 0.1) is 16.9 Å². The average molecular weight is 337 g/mol. The average Bonchev–Trinajstić information content (AvgIpc) is 2.73. The van der Waals surface area contributed by atoms with Crippen LogP contribution < -0.4 is 5.32 Å². The zero-order chi connectivity index (χ0) is 17.2. The number of alkyl halides is 3. The van der Waals surface area contributed by atoms with E-state index < -0.39 is 11.7 Å². The van der Waals surface area contributed by atoms with Crippen molar-refractivity contribution in [3.63, 3.8) is 0 Å². The minimum Gasteiger partial charge on any atom is -0.370 e. The standard InChI is InChI=1S/C18H22F3N3/c1-2-3-10-16-15-9-4-5-11-22-17(15)24(23-16)14-8-6-7-13(12-14)18(19,20)21/h6-8,12,22H,2-5,9-11H2,1H3. The first-order chi connectivity index (χ1) is 11.5. The number of fused-ring (bicyclic) bond motifs is 1. The maximum Gasteiger partial charge on any atom is 0.416 e. The van der Waals surface area contributed by atoms with Crippen molar-refractivity contribution in [3.05, 3.63) is 41.1 Å². The summed E-state index contributed by atoms with van der Waals surface area (Å²) in [6.45, 7) is 2.95. The topological polar surface area (TPSA) is 29.9 Å². The number of nitrogens with zero attached hydrogens (tertiary/aromatic N) is 2. The van der Waals surface area contributed by atoms with Crippen molar-refractivity contribution in [1.82, 2.24) is 9.78 Å². The predicted molar refractivity (Wildman–Crippen MR) is 88.6 cm³/mol. The maximum atomic E-state index is 13.0. The number of hydrogen-bond acceptors (Lipinski definition) is 2. The molecule has 0 fully saturated rings. The Hall–Kier alpha value is -1.98. The molecule has 2 heterocycles. The lowest BCUT2D eigenvalue weighted by atomic mass is 10.1. The number of nitrogens with one attached hydrogen (secondary N) is 1. The summed E-state index contributed by atoms with van der Waals surface area (Å²) < 4.78 is 40.7. The molecule has 0 spiro atoms. The van der Waals surface area contributed by atoms with Crippen LogP contribution in [-0.2, 0) is 19.0 Å². The Bertz CT molecular complexity index is 704. The van der Waals surface area contributed by atoms with Gasteiger partial charge in [-0.05, 0) is 50.3 Å². The van der Waals surface area contributed by atoms with Gasteiger partial charge in [-0.15, -0.1) is 0 Å². The number of rotatable bonds is 4. The second-order valence-electron chi connectivity index (χ2n) is 6.22. The third kappa shape index (κ3) is 3.42. The normalized spacial score (nSPS) is 14.8. The smallest absolute Gasteiger partial charge is 0.370 e. The Kier molecular flexibility index (Phi) is 4.83. The molecule has 130 valence electrons. The van der Waals surface area contributed by atoms with Crippen molar-refractivity contribution in [2.24, 2.45) is 0 Å². The number of unbranched alkanes of at least 4 members (excludes halogenated alkanes) is 1. The number of aromatic nitrogens is 2. The molecule has 0 saturated carbocycles. The third-order valence-electron chi connectivity index (χ3n) is 4.40. The molecule has 0 unspecified atom stereocenters. The Morgan fingerprint density at radius 2 is 2.08 bits per heavy atom. The molecule has 0 radical (unpaired) electrons. The van der Waals surface area contributed by atoms with Crippen LogP contribution >= 0.6 is 0 Å². The lowest BCUT2D eigenvalue weighted by Gasteiger charge is -2.12. The first-order valence-corrected chi connectivity index (χ1v) is 8.53. The van der Waals surface area contributed by atoms with Crippen molar-refractivity contribution in [2.75, 3.05) is 11.9 Å². The minimum atomic E-state index is -4.35. The van der Waals surface area contributed by atoms with Crippen molar-refractivity contribution in [2.45, 2.75) is 51.6 Å². The van der Waals surface area contributed by atoms with E-state index in [-0.39, 0.29) is 0 Å². The summed E-state index contributed by atoms with van der Waals surface area (Å²) >= 11 is 0. The molecule has 1 N–H and O–H groups in total. The summed E-state index contributed by atoms with van der Waals surface area (Å²) in [5, 5.41) is 8.02. The van der Waals surface area contributed by atoms with Crippen LogP contribution in [0.1, 0.15) is 49.4 Å². The van der Waals surface area contributed by atoms with Crippen LogP contribution in [0.25, 0.3) is 5.69 Å². The quantitative estimate of drug-likeness (QED) is 0.852. The van der Waals surface area contributed by atoms with Crippen LogP contribution in [0.15, 0.2) is 24.3 Å². The highest BCUT2D eigenvalue weighted by atomic mass is 19.4. The fourth-order valence-electron chi connectivity index (χ4n) is 3.12. The summed E-state index contributed by atoms with van der Waals surface area (Å²) in [5.41, 5.74) is 1.99. The molecule has 2 aromatic rings. The molecule has 0 amide bonds. The molecule has 0 aliphatic carbocycles. The summed E-state index contributed by atoms with van der Waals surface area (Å²) in [6.07, 6.45) is 1.69. The zero-order valence-corrected chi connectivity index (χ0v) is 13.8. The Balaban J connectivity index is 2.06. The molecule has 3 nitrogen and oxygen atoms in total. The molecule has 6 heteroatoms. The lowest BCUT2D eigenvalue weighted by Crippen LogP contribution is -2.09. The van der Waals surface area contributed by atoms with Gasteiger partial charge in [0, 0.05) is 12.1 Å². The summed E-state index contributed by atoms with van der Waals surface area (Å²) in [5.74, 6) is 0.859. The third-order valence-corrected chi connectivity index (χ3v) is 4.40. The first kappa shape index (κ1) is 16.9. The second-order valence-corrected chi connectivity index (χ2v) is 6.22. The van der Waals surface area contributed by atoms with Crippen molar-refractivity contribution >= 4 is 5.82 Å². The zero-order valence-electron chi connectivity index (χ0n) is 13.8. The predicted octanol–water partition coefficient (Wildman–Crippen LogP) is 4.98. The van der Waals surface area contributed by atoms with Gasteiger partial charge in [0.15, 0.2) is 0 Å². The summed E-state index contributed by atoms with van der Waals surface area (Å²) in [4.78, 5) is 0. The molecule has 0 atom stereocenters. The molecule has 24 heavy (non-hydrogen) atoms. The number of aryl methyl sites for hydroxylation is 1. The van der Waals surface area contributed by atoms with E-state index in [9.17, 15) is 13.2 Å². The van der Waals surface area contributed by atoms with E-state index >= 15 is 0 Å². The van der Waals surface area contributed by atoms with Gasteiger partial charge < -0.3 is 5.32 Å². The maximum absolute atomic E-state index is 13.0. The van der Waals surface area contributed by atoms with E-state index in [2.05, 4.69) is 17.3 Å². The van der Waals surface area contributed by atoms with Gasteiger partial charge in [-0.2, -0.15) is 18.3 Å². The SMILES string of the molecule is CCCCc1nn(-c2cccc(C(F)(F)F)c2)c2c1CCCCN2. The number of hydrogen-bond donors (Lipinski definition) is 1. The summed E-state index contributed by atoms with van der Waals surface area (Å²) in [6, 6.07) is 5.38. The van der Waals surface area contributed by atoms with Gasteiger partial charge in [0.1, 0.15) is 5.82 Å². The number of benzene rings is 1. The highest BCUT2D eigenvalue weighted by molar-refractivity contribution is 5.55. The van der Waals surface area contributed by atoms with Gasteiger partial charge in [0.2, 0.25) is 0 Å². The van der Waals surface area contributed by atoms with E-state index in [1.807, 2.05) is 0 Å². The number of halogens is 3. The lowest BCUT2D eigenvalue weighted by molar-refractivity contribution is -0.137. The van der Waals surface area contributed by atoms with Crippen LogP contribution in [-0.4, -0.2) is 16.3 Å². The Labute approximate surface area is 139 Å². The van der Waals surface area contributed by atoms with Crippen LogP contribution in [0.3, 0.4) is 0 Å². The van der Waals surface area contributed by atoms with Crippen LogP contribution in [0.4, 0.5) is 19.0 Å². The molecule has 1 aliphatic rings. The van der Waals surface area contributed by atoms with Crippen molar-refractivity contribution < 1.29 is 13.2 Å². The van der Waals surface area contributed by atoms with E-state index in [4.69, 9.17) is 0 Å². The van der Waals surface area contributed by atoms with Crippen molar-refractivity contribution in [3.8, 4) is 5.69 Å². The molecular weight excluding hydrogens is 315 g/mol. The largest absolute Gasteiger partial charge is 0.416 e. The van der Waals surface area contributed by atoms with E-state index in [0.717, 1.165) is 62.6 Å². The highest BCUT2D eigenvalue weighted by Gasteiger charge is 2.31. The monoisotopic (exact) mass is 337 g/mol. The first-order valence-electron chi connectivity index (χ1n) is 8.53. The molecule has 0 bridgehead atoms. The van der Waals surface area contributed by atoms with E-state index in [1.165, 1.54) is 17.7 Å². The number of anilines is 1. The summed E-state index contributed by atoms with van der Waals surface area (Å²) in [7, 11) is 0. The fourth-order valence-corrected chi connectivity index (χ4v) is 3.12. The van der Waals surface area contributed by atoms with Gasteiger partial charge >= 0.3 is 6.18 Å². The van der Waals surface area contributed by atoms with Crippen LogP contribution in [0, 0.1) is 0 Å². The molecule has 1 aromatic heterocycles. The molecule has 1 aromatic carbocycles. The molecule has 0 saturated heterocycles. The van der Waals surface area contributed by atoms with E-state index in [1.54, 1.807) is 10.7 Å². The second kappa shape index (κ2) is 6.87. The fraction of sp³-hybridized carbons (Fsp3) is 0.500. The molecule has 3 rings (SSSR count).